The normalized spacial score (nSPS) is 26.2. The minimum atomic E-state index is -0.628. The van der Waals surface area contributed by atoms with Crippen LogP contribution in [0.4, 0.5) is 0 Å². The summed E-state index contributed by atoms with van der Waals surface area (Å²) in [5.41, 5.74) is -0.155. The Balaban J connectivity index is 1.47. The minimum Gasteiger partial charge on any atom is -0.461 e. The first-order valence-corrected chi connectivity index (χ1v) is 9.27. The summed E-state index contributed by atoms with van der Waals surface area (Å²) in [4.78, 5) is 26.2. The topological polar surface area (TPSA) is 61.0 Å². The molecular formula is C20H24NO4+. The second kappa shape index (κ2) is 7.00. The molecule has 0 aliphatic carbocycles. The fraction of sp³-hybridized carbons (Fsp3) is 0.500. The van der Waals surface area contributed by atoms with E-state index in [1.165, 1.54) is 38.8 Å². The number of esters is 1. The van der Waals surface area contributed by atoms with Gasteiger partial charge in [0.2, 0.25) is 0 Å². The summed E-state index contributed by atoms with van der Waals surface area (Å²) in [7, 11) is 0. The van der Waals surface area contributed by atoms with E-state index >= 15 is 0 Å². The molecular weight excluding hydrogens is 318 g/mol. The first-order chi connectivity index (χ1) is 12.2. The Morgan fingerprint density at radius 3 is 2.92 bits per heavy atom. The average molecular weight is 342 g/mol. The molecule has 1 aromatic carbocycles. The molecule has 1 aromatic heterocycles. The van der Waals surface area contributed by atoms with Crippen molar-refractivity contribution in [3.8, 4) is 0 Å². The number of nitrogens with one attached hydrogen (secondary N) is 1. The van der Waals surface area contributed by atoms with Crippen LogP contribution in [0.2, 0.25) is 0 Å². The molecule has 1 N–H and O–H groups in total. The number of ether oxygens (including phenoxy) is 1. The fourth-order valence-electron chi connectivity index (χ4n) is 4.44. The van der Waals surface area contributed by atoms with Gasteiger partial charge in [-0.1, -0.05) is 18.2 Å². The van der Waals surface area contributed by atoms with Gasteiger partial charge in [-0.25, -0.2) is 9.59 Å². The van der Waals surface area contributed by atoms with Gasteiger partial charge in [0, 0.05) is 11.3 Å². The Hall–Kier alpha value is -2.14. The van der Waals surface area contributed by atoms with Crippen LogP contribution in [-0.2, 0) is 4.74 Å². The molecule has 0 saturated carbocycles. The molecule has 132 valence electrons. The van der Waals surface area contributed by atoms with Crippen LogP contribution in [0.3, 0.4) is 0 Å². The number of rotatable bonds is 3. The zero-order valence-corrected chi connectivity index (χ0v) is 14.3. The first-order valence-electron chi connectivity index (χ1n) is 9.27. The molecule has 2 saturated heterocycles. The molecule has 25 heavy (non-hydrogen) atoms. The van der Waals surface area contributed by atoms with Gasteiger partial charge in [0.15, 0.2) is 0 Å². The molecule has 3 atom stereocenters. The smallest absolute Gasteiger partial charge is 0.351 e. The quantitative estimate of drug-likeness (QED) is 0.682. The molecule has 3 heterocycles. The van der Waals surface area contributed by atoms with Gasteiger partial charge in [-0.3, -0.25) is 0 Å². The van der Waals surface area contributed by atoms with Crippen LogP contribution < -0.4 is 10.5 Å². The van der Waals surface area contributed by atoms with Crippen LogP contribution >= 0.6 is 0 Å². The third kappa shape index (κ3) is 3.33. The van der Waals surface area contributed by atoms with E-state index in [1.54, 1.807) is 23.1 Å². The predicted molar refractivity (Wildman–Crippen MR) is 93.8 cm³/mol. The lowest BCUT2D eigenvalue weighted by Gasteiger charge is -2.40. The number of fused-ring (bicyclic) bond motifs is 2. The number of para-hydroxylation sites is 1. The molecule has 0 amide bonds. The highest BCUT2D eigenvalue weighted by Crippen LogP contribution is 2.21. The monoisotopic (exact) mass is 342 g/mol. The van der Waals surface area contributed by atoms with E-state index in [0.717, 1.165) is 11.8 Å². The van der Waals surface area contributed by atoms with Crippen molar-refractivity contribution in [1.29, 1.82) is 0 Å². The number of piperidine rings is 2. The lowest BCUT2D eigenvalue weighted by Crippen LogP contribution is -3.18. The van der Waals surface area contributed by atoms with E-state index in [-0.39, 0.29) is 5.56 Å². The lowest BCUT2D eigenvalue weighted by atomic mass is 9.84. The van der Waals surface area contributed by atoms with Gasteiger partial charge in [0.25, 0.3) is 0 Å². The lowest BCUT2D eigenvalue weighted by molar-refractivity contribution is -0.940. The Bertz CT molecular complexity index is 826. The van der Waals surface area contributed by atoms with Crippen LogP contribution in [0, 0.1) is 5.92 Å². The summed E-state index contributed by atoms with van der Waals surface area (Å²) in [6.45, 7) is 2.88. The van der Waals surface area contributed by atoms with Gasteiger partial charge in [-0.2, -0.15) is 0 Å². The summed E-state index contributed by atoms with van der Waals surface area (Å²) in [6.07, 6.45) is 6.08. The maximum Gasteiger partial charge on any atom is 0.351 e. The standard InChI is InChI=1S/C20H23NO4/c22-19(16-12-14-6-1-2-9-18(14)25-20(16)23)24-13-15-7-5-11-21-10-4-3-8-17(15)21/h1-2,6,9,12,15,17H,3-5,7-8,10-11,13H2/p+1/t15-,17-/m1/s1. The van der Waals surface area contributed by atoms with Crippen LogP contribution in [0.1, 0.15) is 42.5 Å². The third-order valence-corrected chi connectivity index (χ3v) is 5.72. The number of hydrogen-bond acceptors (Lipinski definition) is 4. The van der Waals surface area contributed by atoms with Crippen molar-refractivity contribution in [2.24, 2.45) is 5.92 Å². The van der Waals surface area contributed by atoms with Crippen molar-refractivity contribution < 1.29 is 18.8 Å². The van der Waals surface area contributed by atoms with E-state index in [1.807, 2.05) is 12.1 Å². The maximum atomic E-state index is 12.4. The molecule has 4 rings (SSSR count). The Morgan fingerprint density at radius 2 is 2.00 bits per heavy atom. The SMILES string of the molecule is O=C(OC[C@H]1CCC[NH+]2CCCC[C@H]12)c1cc2ccccc2oc1=O. The summed E-state index contributed by atoms with van der Waals surface area (Å²) in [5, 5.41) is 0.731. The Kier molecular flexibility index (Phi) is 4.57. The highest BCUT2D eigenvalue weighted by Gasteiger charge is 2.37. The van der Waals surface area contributed by atoms with E-state index < -0.39 is 11.6 Å². The van der Waals surface area contributed by atoms with Crippen LogP contribution in [0.25, 0.3) is 11.0 Å². The molecule has 0 bridgehead atoms. The van der Waals surface area contributed by atoms with Gasteiger partial charge >= 0.3 is 11.6 Å². The van der Waals surface area contributed by atoms with Gasteiger partial charge in [0.1, 0.15) is 17.8 Å². The Morgan fingerprint density at radius 1 is 1.16 bits per heavy atom. The summed E-state index contributed by atoms with van der Waals surface area (Å²) >= 11 is 0. The zero-order chi connectivity index (χ0) is 17.2. The van der Waals surface area contributed by atoms with E-state index in [4.69, 9.17) is 9.15 Å². The van der Waals surface area contributed by atoms with Crippen LogP contribution in [0.5, 0.6) is 0 Å². The number of hydrogen-bond donors (Lipinski definition) is 1. The molecule has 5 heteroatoms. The van der Waals surface area contributed by atoms with E-state index in [9.17, 15) is 9.59 Å². The second-order valence-corrected chi connectivity index (χ2v) is 7.25. The van der Waals surface area contributed by atoms with Crippen molar-refractivity contribution in [2.45, 2.75) is 38.1 Å². The molecule has 2 aliphatic heterocycles. The highest BCUT2D eigenvalue weighted by atomic mass is 16.5. The molecule has 0 radical (unpaired) electrons. The molecule has 2 aliphatic rings. The van der Waals surface area contributed by atoms with Crippen molar-refractivity contribution in [1.82, 2.24) is 0 Å². The number of carbonyl (C=O) groups excluding carboxylic acids is 1. The van der Waals surface area contributed by atoms with E-state index in [0.29, 0.717) is 24.1 Å². The molecule has 0 spiro atoms. The highest BCUT2D eigenvalue weighted by molar-refractivity contribution is 5.92. The molecule has 5 nitrogen and oxygen atoms in total. The average Bonchev–Trinajstić information content (AvgIpc) is 2.65. The molecule has 1 unspecified atom stereocenters. The van der Waals surface area contributed by atoms with Gasteiger partial charge < -0.3 is 14.1 Å². The zero-order valence-electron chi connectivity index (χ0n) is 14.3. The van der Waals surface area contributed by atoms with Crippen LogP contribution in [-0.4, -0.2) is 31.7 Å². The minimum absolute atomic E-state index is 0.0117. The number of benzene rings is 1. The fourth-order valence-corrected chi connectivity index (χ4v) is 4.44. The largest absolute Gasteiger partial charge is 0.461 e. The first kappa shape index (κ1) is 16.3. The summed E-state index contributed by atoms with van der Waals surface area (Å²) in [6, 6.07) is 9.35. The van der Waals surface area contributed by atoms with Crippen molar-refractivity contribution in [3.05, 3.63) is 46.3 Å². The maximum absolute atomic E-state index is 12.4. The van der Waals surface area contributed by atoms with E-state index in [2.05, 4.69) is 0 Å². The van der Waals surface area contributed by atoms with Gasteiger partial charge in [0.05, 0.1) is 19.1 Å². The third-order valence-electron chi connectivity index (χ3n) is 5.72. The molecule has 2 fully saturated rings. The number of quaternary nitrogens is 1. The van der Waals surface area contributed by atoms with Gasteiger partial charge in [-0.15, -0.1) is 0 Å². The van der Waals surface area contributed by atoms with Crippen molar-refractivity contribution in [2.75, 3.05) is 19.7 Å². The summed E-state index contributed by atoms with van der Waals surface area (Å²) in [5.74, 6) is -0.164. The molecule has 2 aromatic rings. The van der Waals surface area contributed by atoms with Crippen molar-refractivity contribution in [3.63, 3.8) is 0 Å². The second-order valence-electron chi connectivity index (χ2n) is 7.25. The summed E-state index contributed by atoms with van der Waals surface area (Å²) < 4.78 is 10.8. The van der Waals surface area contributed by atoms with Crippen molar-refractivity contribution >= 4 is 16.9 Å². The van der Waals surface area contributed by atoms with Crippen LogP contribution in [0.15, 0.2) is 39.5 Å². The van der Waals surface area contributed by atoms with Gasteiger partial charge in [-0.05, 0) is 44.2 Å². The predicted octanol–water partition coefficient (Wildman–Crippen LogP) is 1.80. The number of carbonyl (C=O) groups is 1. The Labute approximate surface area is 146 Å².